The molecule has 4 heteroatoms. The summed E-state index contributed by atoms with van der Waals surface area (Å²) in [6.07, 6.45) is 7.32. The number of rotatable bonds is 7. The first-order valence-electron chi connectivity index (χ1n) is 9.29. The predicted octanol–water partition coefficient (Wildman–Crippen LogP) is 3.37. The van der Waals surface area contributed by atoms with Crippen molar-refractivity contribution in [2.45, 2.75) is 57.7 Å². The highest BCUT2D eigenvalue weighted by molar-refractivity contribution is 5.38. The third-order valence-electron chi connectivity index (χ3n) is 5.77. The van der Waals surface area contributed by atoms with E-state index in [1.807, 2.05) is 25.1 Å². The van der Waals surface area contributed by atoms with Gasteiger partial charge in [-0.2, -0.15) is 0 Å². The largest absolute Gasteiger partial charge is 0.496 e. The topological polar surface area (TPSA) is 50.7 Å². The van der Waals surface area contributed by atoms with Gasteiger partial charge in [-0.15, -0.1) is 0 Å². The third kappa shape index (κ3) is 3.76. The van der Waals surface area contributed by atoms with Crippen molar-refractivity contribution in [2.75, 3.05) is 26.8 Å². The van der Waals surface area contributed by atoms with E-state index in [1.54, 1.807) is 7.11 Å². The Kier molecular flexibility index (Phi) is 5.80. The molecular weight excluding hydrogens is 302 g/mol. The Hall–Kier alpha value is -1.10. The first-order chi connectivity index (χ1) is 11.6. The van der Waals surface area contributed by atoms with Crippen LogP contribution in [0.2, 0.25) is 0 Å². The summed E-state index contributed by atoms with van der Waals surface area (Å²) in [5, 5.41) is 14.1. The molecule has 3 rings (SSSR count). The summed E-state index contributed by atoms with van der Waals surface area (Å²) in [5.74, 6) is 0.754. The lowest BCUT2D eigenvalue weighted by Crippen LogP contribution is -2.51. The van der Waals surface area contributed by atoms with Crippen LogP contribution in [-0.4, -0.2) is 38.0 Å². The smallest absolute Gasteiger partial charge is 0.124 e. The van der Waals surface area contributed by atoms with E-state index in [9.17, 15) is 5.11 Å². The molecule has 24 heavy (non-hydrogen) atoms. The monoisotopic (exact) mass is 333 g/mol. The van der Waals surface area contributed by atoms with Gasteiger partial charge in [-0.05, 0) is 51.2 Å². The molecule has 1 saturated carbocycles. The third-order valence-corrected chi connectivity index (χ3v) is 5.77. The molecule has 0 spiro atoms. The zero-order valence-corrected chi connectivity index (χ0v) is 15.0. The molecule has 1 aliphatic heterocycles. The van der Waals surface area contributed by atoms with Gasteiger partial charge in [0.05, 0.1) is 19.3 Å². The Balaban J connectivity index is 1.56. The lowest BCUT2D eigenvalue weighted by atomic mass is 9.63. The molecule has 2 atom stereocenters. The quantitative estimate of drug-likeness (QED) is 0.803. The van der Waals surface area contributed by atoms with Crippen molar-refractivity contribution in [3.63, 3.8) is 0 Å². The van der Waals surface area contributed by atoms with E-state index in [4.69, 9.17) is 9.47 Å². The Morgan fingerprint density at radius 1 is 1.33 bits per heavy atom. The second-order valence-electron chi connectivity index (χ2n) is 7.46. The van der Waals surface area contributed by atoms with Crippen LogP contribution in [0.4, 0.5) is 0 Å². The number of nitrogens with one attached hydrogen (secondary N) is 1. The van der Waals surface area contributed by atoms with Crippen LogP contribution in [0.3, 0.4) is 0 Å². The average Bonchev–Trinajstić information content (AvgIpc) is 2.57. The van der Waals surface area contributed by atoms with Crippen LogP contribution in [0.5, 0.6) is 5.75 Å². The number of aryl methyl sites for hydroxylation is 1. The van der Waals surface area contributed by atoms with E-state index in [-0.39, 0.29) is 5.41 Å². The van der Waals surface area contributed by atoms with Crippen LogP contribution in [0.1, 0.15) is 55.8 Å². The highest BCUT2D eigenvalue weighted by Gasteiger charge is 2.44. The van der Waals surface area contributed by atoms with E-state index >= 15 is 0 Å². The van der Waals surface area contributed by atoms with Crippen molar-refractivity contribution in [3.05, 3.63) is 29.3 Å². The van der Waals surface area contributed by atoms with E-state index in [0.29, 0.717) is 12.6 Å². The summed E-state index contributed by atoms with van der Waals surface area (Å²) in [6, 6.07) is 5.94. The minimum Gasteiger partial charge on any atom is -0.496 e. The number of methoxy groups -OCH3 is 1. The van der Waals surface area contributed by atoms with Crippen molar-refractivity contribution in [2.24, 2.45) is 5.41 Å². The molecular formula is C20H31NO3. The highest BCUT2D eigenvalue weighted by atomic mass is 16.5. The van der Waals surface area contributed by atoms with Gasteiger partial charge >= 0.3 is 0 Å². The van der Waals surface area contributed by atoms with Crippen LogP contribution in [-0.2, 0) is 4.74 Å². The van der Waals surface area contributed by atoms with Crippen molar-refractivity contribution in [1.82, 2.24) is 5.32 Å². The van der Waals surface area contributed by atoms with Crippen LogP contribution >= 0.6 is 0 Å². The second kappa shape index (κ2) is 7.85. The minimum atomic E-state index is -0.552. The summed E-state index contributed by atoms with van der Waals surface area (Å²) >= 11 is 0. The predicted molar refractivity (Wildman–Crippen MR) is 95.4 cm³/mol. The Morgan fingerprint density at radius 3 is 2.79 bits per heavy atom. The van der Waals surface area contributed by atoms with E-state index < -0.39 is 6.10 Å². The standard InChI is InChI=1S/C20H31NO3/c1-15-7-8-18(23-2)16(12-15)17(22)13-21-14-20(9-5-10-20)19-6-3-4-11-24-19/h7-8,12,17,19,21-22H,3-6,9-11,13-14H2,1-2H3. The Labute approximate surface area is 145 Å². The molecule has 1 heterocycles. The average molecular weight is 333 g/mol. The minimum absolute atomic E-state index is 0.289. The molecule has 0 bridgehead atoms. The zero-order valence-electron chi connectivity index (χ0n) is 15.0. The molecule has 1 aromatic rings. The molecule has 2 aliphatic rings. The fourth-order valence-electron chi connectivity index (χ4n) is 4.15. The summed E-state index contributed by atoms with van der Waals surface area (Å²) in [5.41, 5.74) is 2.29. The first kappa shape index (κ1) is 17.7. The number of ether oxygens (including phenoxy) is 2. The molecule has 0 radical (unpaired) electrons. The lowest BCUT2D eigenvalue weighted by Gasteiger charge is -2.49. The lowest BCUT2D eigenvalue weighted by molar-refractivity contribution is -0.103. The molecule has 2 fully saturated rings. The van der Waals surface area contributed by atoms with Crippen LogP contribution in [0.15, 0.2) is 18.2 Å². The van der Waals surface area contributed by atoms with Gasteiger partial charge in [0.15, 0.2) is 0 Å². The van der Waals surface area contributed by atoms with Gasteiger partial charge < -0.3 is 19.9 Å². The molecule has 134 valence electrons. The molecule has 0 amide bonds. The second-order valence-corrected chi connectivity index (χ2v) is 7.46. The SMILES string of the molecule is COc1ccc(C)cc1C(O)CNCC1(C2CCCCO2)CCC1. The summed E-state index contributed by atoms with van der Waals surface area (Å²) < 4.78 is 11.4. The van der Waals surface area contributed by atoms with Crippen molar-refractivity contribution >= 4 is 0 Å². The van der Waals surface area contributed by atoms with Crippen molar-refractivity contribution in [1.29, 1.82) is 0 Å². The van der Waals surface area contributed by atoms with Crippen LogP contribution in [0.25, 0.3) is 0 Å². The molecule has 2 unspecified atom stereocenters. The summed E-state index contributed by atoms with van der Waals surface area (Å²) in [7, 11) is 1.65. The maximum Gasteiger partial charge on any atom is 0.124 e. The van der Waals surface area contributed by atoms with Crippen LogP contribution < -0.4 is 10.1 Å². The van der Waals surface area contributed by atoms with Gasteiger partial charge in [0, 0.05) is 30.7 Å². The first-order valence-corrected chi connectivity index (χ1v) is 9.29. The normalized spacial score (nSPS) is 24.2. The Bertz CT molecular complexity index is 536. The van der Waals surface area contributed by atoms with Crippen molar-refractivity contribution < 1.29 is 14.6 Å². The molecule has 1 aliphatic carbocycles. The fourth-order valence-corrected chi connectivity index (χ4v) is 4.15. The molecule has 0 aromatic heterocycles. The number of hydrogen-bond donors (Lipinski definition) is 2. The van der Waals surface area contributed by atoms with Gasteiger partial charge in [-0.1, -0.05) is 18.1 Å². The maximum absolute atomic E-state index is 10.6. The maximum atomic E-state index is 10.6. The van der Waals surface area contributed by atoms with Crippen LogP contribution in [0, 0.1) is 12.3 Å². The van der Waals surface area contributed by atoms with E-state index in [0.717, 1.165) is 30.0 Å². The molecule has 2 N–H and O–H groups in total. The number of aliphatic hydroxyl groups excluding tert-OH is 1. The Morgan fingerprint density at radius 2 is 2.17 bits per heavy atom. The van der Waals surface area contributed by atoms with Gasteiger partial charge in [0.25, 0.3) is 0 Å². The molecule has 1 aromatic carbocycles. The highest BCUT2D eigenvalue weighted by Crippen LogP contribution is 2.47. The van der Waals surface area contributed by atoms with E-state index in [2.05, 4.69) is 5.32 Å². The van der Waals surface area contributed by atoms with Crippen molar-refractivity contribution in [3.8, 4) is 5.75 Å². The van der Waals surface area contributed by atoms with Gasteiger partial charge in [-0.3, -0.25) is 0 Å². The van der Waals surface area contributed by atoms with Gasteiger partial charge in [0.2, 0.25) is 0 Å². The van der Waals surface area contributed by atoms with Gasteiger partial charge in [0.1, 0.15) is 5.75 Å². The van der Waals surface area contributed by atoms with Gasteiger partial charge in [-0.25, -0.2) is 0 Å². The molecule has 4 nitrogen and oxygen atoms in total. The molecule has 1 saturated heterocycles. The number of benzene rings is 1. The zero-order chi connectivity index (χ0) is 17.0. The fraction of sp³-hybridized carbons (Fsp3) is 0.700. The number of hydrogen-bond acceptors (Lipinski definition) is 4. The van der Waals surface area contributed by atoms with E-state index in [1.165, 1.54) is 38.5 Å². The number of aliphatic hydroxyl groups is 1. The summed E-state index contributed by atoms with van der Waals surface area (Å²) in [6.45, 7) is 4.43. The summed E-state index contributed by atoms with van der Waals surface area (Å²) in [4.78, 5) is 0.